The molecule has 2 nitrogen and oxygen atoms in total. The van der Waals surface area contributed by atoms with Crippen molar-refractivity contribution in [3.05, 3.63) is 23.3 Å². The van der Waals surface area contributed by atoms with Crippen LogP contribution >= 0.6 is 22.7 Å². The molecule has 0 unspecified atom stereocenters. The van der Waals surface area contributed by atoms with Crippen LogP contribution in [0.5, 0.6) is 0 Å². The normalized spacial score (nSPS) is 16.1. The molecule has 0 bridgehead atoms. The SMILES string of the molecule is CCC[CH2][Sn]([CH2]CCC)([CH2]CCC)[c]1cc2c(s1)-c1s[c]([Sn]([CH2]CCC)([CH2]CCC)[CH2]CCC)cc1C21OCCO1. The van der Waals surface area contributed by atoms with Crippen LogP contribution in [0.15, 0.2) is 12.1 Å². The molecule has 0 N–H and O–H groups in total. The van der Waals surface area contributed by atoms with Crippen LogP contribution in [0.3, 0.4) is 0 Å². The molecule has 2 aromatic rings. The molecular weight excluding hydrogens is 754 g/mol. The standard InChI is InChI=1S/C11H6O2S2.6C4H9.2Sn/c1-5-14-9-7(1)11(12-3-4-13-11)8-2-6-15-10(8)9;6*1-3-4-2;;/h1-2H,3-4H2;6*1,3-4H2,2H3;;. The Kier molecular flexibility index (Phi) is 14.0. The summed E-state index contributed by atoms with van der Waals surface area (Å²) < 4.78 is 26.4. The van der Waals surface area contributed by atoms with Gasteiger partial charge in [0.15, 0.2) is 0 Å². The molecule has 2 aliphatic rings. The number of thiophene rings is 2. The van der Waals surface area contributed by atoms with Gasteiger partial charge in [-0.05, 0) is 0 Å². The van der Waals surface area contributed by atoms with Crippen LogP contribution in [-0.2, 0) is 15.3 Å². The van der Waals surface area contributed by atoms with E-state index in [0.29, 0.717) is 0 Å². The zero-order valence-electron chi connectivity index (χ0n) is 27.4. The van der Waals surface area contributed by atoms with Crippen LogP contribution in [0.2, 0.25) is 26.6 Å². The van der Waals surface area contributed by atoms with Crippen molar-refractivity contribution >= 4 is 65.2 Å². The van der Waals surface area contributed by atoms with Crippen molar-refractivity contribution in [2.45, 2.75) is 151 Å². The molecule has 1 fully saturated rings. The molecule has 0 amide bonds. The van der Waals surface area contributed by atoms with Gasteiger partial charge >= 0.3 is 272 Å². The van der Waals surface area contributed by atoms with E-state index in [-0.39, 0.29) is 0 Å². The number of unbranched alkanes of at least 4 members (excludes halogenated alkanes) is 6. The fourth-order valence-corrected chi connectivity index (χ4v) is 48.3. The van der Waals surface area contributed by atoms with Crippen LogP contribution in [-0.4, -0.2) is 50.0 Å². The number of fused-ring (bicyclic) bond motifs is 5. The fourth-order valence-electron chi connectivity index (χ4n) is 7.58. The molecule has 0 radical (unpaired) electrons. The fraction of sp³-hybridized carbons (Fsp3) is 0.771. The molecule has 0 atom stereocenters. The average Bonchev–Trinajstić information content (AvgIpc) is 3.78. The first-order chi connectivity index (χ1) is 20.0. The Morgan fingerprint density at radius 2 is 0.829 bits per heavy atom. The molecule has 41 heavy (non-hydrogen) atoms. The first kappa shape index (κ1) is 34.8. The van der Waals surface area contributed by atoms with Gasteiger partial charge in [0.1, 0.15) is 0 Å². The molecule has 6 heteroatoms. The summed E-state index contributed by atoms with van der Waals surface area (Å²) in [5.41, 5.74) is 2.81. The van der Waals surface area contributed by atoms with Gasteiger partial charge in [-0.2, -0.15) is 0 Å². The van der Waals surface area contributed by atoms with E-state index >= 15 is 0 Å². The zero-order chi connectivity index (χ0) is 29.3. The molecule has 1 saturated heterocycles. The number of ether oxygens (including phenoxy) is 2. The van der Waals surface area contributed by atoms with Crippen LogP contribution in [0.1, 0.15) is 130 Å². The Hall–Kier alpha value is 0.917. The van der Waals surface area contributed by atoms with Gasteiger partial charge in [0.2, 0.25) is 0 Å². The quantitative estimate of drug-likeness (QED) is 0.124. The summed E-state index contributed by atoms with van der Waals surface area (Å²) in [5.74, 6) is -0.607. The second-order valence-corrected chi connectivity index (χ2v) is 43.6. The van der Waals surface area contributed by atoms with Crippen LogP contribution in [0.25, 0.3) is 9.75 Å². The van der Waals surface area contributed by atoms with Crippen molar-refractivity contribution in [3.63, 3.8) is 0 Å². The van der Waals surface area contributed by atoms with E-state index in [9.17, 15) is 0 Å². The summed E-state index contributed by atoms with van der Waals surface area (Å²) in [7, 11) is 0. The van der Waals surface area contributed by atoms with Crippen LogP contribution in [0, 0.1) is 0 Å². The van der Waals surface area contributed by atoms with E-state index in [0.717, 1.165) is 13.2 Å². The second kappa shape index (κ2) is 16.5. The number of hydrogen-bond acceptors (Lipinski definition) is 4. The van der Waals surface area contributed by atoms with Gasteiger partial charge < -0.3 is 0 Å². The van der Waals surface area contributed by atoms with E-state index in [1.165, 1.54) is 115 Å². The minimum absolute atomic E-state index is 0.607. The van der Waals surface area contributed by atoms with Crippen molar-refractivity contribution in [1.29, 1.82) is 0 Å². The van der Waals surface area contributed by atoms with Gasteiger partial charge in [0, 0.05) is 0 Å². The van der Waals surface area contributed by atoms with Gasteiger partial charge in [0.05, 0.1) is 0 Å². The Bertz CT molecular complexity index is 947. The third-order valence-electron chi connectivity index (χ3n) is 10.2. The number of hydrogen-bond donors (Lipinski definition) is 0. The third kappa shape index (κ3) is 7.34. The van der Waals surface area contributed by atoms with E-state index < -0.39 is 42.5 Å². The van der Waals surface area contributed by atoms with E-state index in [2.05, 4.69) is 76.3 Å². The topological polar surface area (TPSA) is 18.5 Å². The van der Waals surface area contributed by atoms with Crippen LogP contribution < -0.4 is 5.79 Å². The monoisotopic (exact) mass is 816 g/mol. The van der Waals surface area contributed by atoms with Gasteiger partial charge in [-0.25, -0.2) is 0 Å². The molecule has 232 valence electrons. The Morgan fingerprint density at radius 3 is 1.10 bits per heavy atom. The molecule has 1 spiro atoms. The molecule has 1 aliphatic carbocycles. The first-order valence-corrected chi connectivity index (χ1v) is 34.2. The average molecular weight is 814 g/mol. The van der Waals surface area contributed by atoms with E-state index in [1.807, 2.05) is 5.79 Å². The second-order valence-electron chi connectivity index (χ2n) is 13.2. The molecule has 0 saturated carbocycles. The maximum atomic E-state index is 6.73. The summed E-state index contributed by atoms with van der Waals surface area (Å²) in [6.45, 7) is 15.8. The molecule has 3 heterocycles. The Labute approximate surface area is 269 Å². The summed E-state index contributed by atoms with van der Waals surface area (Å²) >= 11 is -0.619. The Morgan fingerprint density at radius 1 is 0.537 bits per heavy atom. The molecule has 2 aromatic heterocycles. The summed E-state index contributed by atoms with van der Waals surface area (Å²) in [6, 6.07) is 5.35. The van der Waals surface area contributed by atoms with Crippen molar-refractivity contribution in [1.82, 2.24) is 0 Å². The van der Waals surface area contributed by atoms with Crippen molar-refractivity contribution < 1.29 is 9.47 Å². The van der Waals surface area contributed by atoms with Crippen molar-refractivity contribution in [2.75, 3.05) is 13.2 Å². The number of rotatable bonds is 20. The maximum absolute atomic E-state index is 6.73. The predicted molar refractivity (Wildman–Crippen MR) is 189 cm³/mol. The summed E-state index contributed by atoms with van der Waals surface area (Å²) in [5, 5.41) is 0. The van der Waals surface area contributed by atoms with E-state index in [4.69, 9.17) is 9.47 Å². The molecular formula is C35H60O2S2Sn2. The predicted octanol–water partition coefficient (Wildman–Crippen LogP) is 11.2. The van der Waals surface area contributed by atoms with Crippen molar-refractivity contribution in [3.8, 4) is 9.75 Å². The molecule has 1 aliphatic heterocycles. The van der Waals surface area contributed by atoms with Gasteiger partial charge in [-0.15, -0.1) is 0 Å². The Balaban J connectivity index is 1.84. The summed E-state index contributed by atoms with van der Waals surface area (Å²) in [6.07, 6.45) is 16.5. The van der Waals surface area contributed by atoms with Gasteiger partial charge in [-0.3, -0.25) is 0 Å². The third-order valence-corrected chi connectivity index (χ3v) is 49.0. The molecule has 0 aromatic carbocycles. The minimum atomic E-state index is -2.54. The zero-order valence-corrected chi connectivity index (χ0v) is 34.8. The van der Waals surface area contributed by atoms with Gasteiger partial charge in [-0.1, -0.05) is 0 Å². The van der Waals surface area contributed by atoms with Crippen molar-refractivity contribution in [2.24, 2.45) is 0 Å². The van der Waals surface area contributed by atoms with E-state index in [1.54, 1.807) is 9.75 Å². The first-order valence-electron chi connectivity index (χ1n) is 17.6. The molecule has 4 rings (SSSR count). The summed E-state index contributed by atoms with van der Waals surface area (Å²) in [4.78, 5) is 3.11. The van der Waals surface area contributed by atoms with Crippen LogP contribution in [0.4, 0.5) is 0 Å². The van der Waals surface area contributed by atoms with Gasteiger partial charge in [0.25, 0.3) is 0 Å².